The highest BCUT2D eigenvalue weighted by atomic mass is 32.1. The molecule has 1 unspecified atom stereocenters. The number of ether oxygens (including phenoxy) is 4. The second-order valence-electron chi connectivity index (χ2n) is 7.95. The summed E-state index contributed by atoms with van der Waals surface area (Å²) in [6.45, 7) is 4.61. The van der Waals surface area contributed by atoms with Crippen LogP contribution in [-0.4, -0.2) is 44.6 Å². The molecule has 36 heavy (non-hydrogen) atoms. The lowest BCUT2D eigenvalue weighted by Crippen LogP contribution is -2.40. The Labute approximate surface area is 212 Å². The highest BCUT2D eigenvalue weighted by Gasteiger charge is 2.35. The average molecular weight is 509 g/mol. The van der Waals surface area contributed by atoms with Crippen LogP contribution < -0.4 is 24.4 Å². The van der Waals surface area contributed by atoms with Gasteiger partial charge in [-0.2, -0.15) is 0 Å². The fourth-order valence-electron chi connectivity index (χ4n) is 4.04. The summed E-state index contributed by atoms with van der Waals surface area (Å²) in [5.41, 5.74) is 2.05. The largest absolute Gasteiger partial charge is 0.496 e. The Morgan fingerprint density at radius 2 is 1.86 bits per heavy atom. The van der Waals surface area contributed by atoms with Gasteiger partial charge in [0.25, 0.3) is 5.56 Å². The Morgan fingerprint density at radius 1 is 1.11 bits per heavy atom. The van der Waals surface area contributed by atoms with E-state index in [9.17, 15) is 9.59 Å². The number of fused-ring (bicyclic) bond motifs is 1. The van der Waals surface area contributed by atoms with Crippen LogP contribution in [0.1, 0.15) is 31.0 Å². The predicted octanol–water partition coefficient (Wildman–Crippen LogP) is 2.83. The molecule has 0 fully saturated rings. The van der Waals surface area contributed by atoms with Crippen molar-refractivity contribution in [2.45, 2.75) is 19.9 Å². The van der Waals surface area contributed by atoms with Crippen LogP contribution in [0.3, 0.4) is 0 Å². The highest BCUT2D eigenvalue weighted by Crippen LogP contribution is 2.35. The minimum atomic E-state index is -0.755. The molecule has 1 aliphatic rings. The van der Waals surface area contributed by atoms with E-state index in [0.717, 1.165) is 11.3 Å². The van der Waals surface area contributed by atoms with Crippen LogP contribution in [0.15, 0.2) is 69.6 Å². The molecule has 0 N–H and O–H groups in total. The van der Waals surface area contributed by atoms with E-state index >= 15 is 0 Å². The zero-order valence-electron chi connectivity index (χ0n) is 20.6. The number of methoxy groups -OCH3 is 2. The number of allylic oxidation sites excluding steroid dienone is 1. The van der Waals surface area contributed by atoms with Gasteiger partial charge in [0.05, 0.1) is 36.1 Å². The Morgan fingerprint density at radius 3 is 2.56 bits per heavy atom. The summed E-state index contributed by atoms with van der Waals surface area (Å²) in [5, 5.41) is 0. The lowest BCUT2D eigenvalue weighted by Gasteiger charge is -2.26. The number of rotatable bonds is 9. The molecule has 1 aliphatic heterocycles. The van der Waals surface area contributed by atoms with Gasteiger partial charge in [-0.3, -0.25) is 9.36 Å². The minimum Gasteiger partial charge on any atom is -0.496 e. The van der Waals surface area contributed by atoms with Crippen LogP contribution in [0, 0.1) is 0 Å². The summed E-state index contributed by atoms with van der Waals surface area (Å²) in [5.74, 6) is 0.769. The Hall–Kier alpha value is -3.69. The van der Waals surface area contributed by atoms with Crippen LogP contribution >= 0.6 is 11.3 Å². The fourth-order valence-corrected chi connectivity index (χ4v) is 5.09. The number of carbonyl (C=O) groups is 1. The van der Waals surface area contributed by atoms with Gasteiger partial charge in [0.1, 0.15) is 24.1 Å². The quantitative estimate of drug-likeness (QED) is 0.326. The smallest absolute Gasteiger partial charge is 0.338 e. The Bertz CT molecular complexity index is 1450. The monoisotopic (exact) mass is 508 g/mol. The van der Waals surface area contributed by atoms with Crippen molar-refractivity contribution in [1.29, 1.82) is 0 Å². The van der Waals surface area contributed by atoms with Gasteiger partial charge in [-0.15, -0.1) is 0 Å². The normalized spacial score (nSPS) is 15.3. The number of nitrogens with zero attached hydrogens (tertiary/aromatic N) is 2. The number of benzene rings is 2. The second kappa shape index (κ2) is 11.4. The summed E-state index contributed by atoms with van der Waals surface area (Å²) < 4.78 is 23.6. The summed E-state index contributed by atoms with van der Waals surface area (Å²) in [6, 6.07) is 14.1. The lowest BCUT2D eigenvalue weighted by atomic mass is 9.95. The zero-order valence-corrected chi connectivity index (χ0v) is 21.5. The summed E-state index contributed by atoms with van der Waals surface area (Å²) in [4.78, 5) is 32.0. The van der Waals surface area contributed by atoms with Crippen LogP contribution in [-0.2, 0) is 14.3 Å². The van der Waals surface area contributed by atoms with Crippen molar-refractivity contribution in [1.82, 2.24) is 4.57 Å². The van der Waals surface area contributed by atoms with Crippen LogP contribution in [0.4, 0.5) is 0 Å². The molecule has 2 heterocycles. The maximum absolute atomic E-state index is 13.7. The molecule has 4 rings (SSSR count). The van der Waals surface area contributed by atoms with Gasteiger partial charge in [0, 0.05) is 12.7 Å². The molecule has 9 heteroatoms. The van der Waals surface area contributed by atoms with Gasteiger partial charge in [-0.05, 0) is 43.7 Å². The van der Waals surface area contributed by atoms with E-state index < -0.39 is 12.0 Å². The number of thiazole rings is 1. The van der Waals surface area contributed by atoms with Gasteiger partial charge in [0.15, 0.2) is 4.80 Å². The van der Waals surface area contributed by atoms with E-state index in [1.165, 1.54) is 18.4 Å². The van der Waals surface area contributed by atoms with E-state index in [-0.39, 0.29) is 24.3 Å². The molecule has 0 amide bonds. The first-order valence-electron chi connectivity index (χ1n) is 11.5. The Balaban J connectivity index is 1.87. The maximum Gasteiger partial charge on any atom is 0.338 e. The molecule has 0 spiro atoms. The zero-order chi connectivity index (χ0) is 25.7. The lowest BCUT2D eigenvalue weighted by molar-refractivity contribution is -0.140. The third-order valence-electron chi connectivity index (χ3n) is 5.68. The van der Waals surface area contributed by atoms with Crippen molar-refractivity contribution in [2.75, 3.05) is 34.0 Å². The predicted molar refractivity (Wildman–Crippen MR) is 137 cm³/mol. The highest BCUT2D eigenvalue weighted by molar-refractivity contribution is 7.07. The van der Waals surface area contributed by atoms with E-state index in [1.807, 2.05) is 55.5 Å². The number of esters is 1. The molecular weight excluding hydrogens is 480 g/mol. The third-order valence-corrected chi connectivity index (χ3v) is 6.67. The van der Waals surface area contributed by atoms with Crippen molar-refractivity contribution >= 4 is 23.4 Å². The summed E-state index contributed by atoms with van der Waals surface area (Å²) in [7, 11) is 3.09. The second-order valence-corrected chi connectivity index (χ2v) is 8.96. The molecule has 0 bridgehead atoms. The van der Waals surface area contributed by atoms with Crippen molar-refractivity contribution in [3.63, 3.8) is 0 Å². The van der Waals surface area contributed by atoms with E-state index in [0.29, 0.717) is 33.0 Å². The molecule has 2 aromatic carbocycles. The van der Waals surface area contributed by atoms with Gasteiger partial charge < -0.3 is 18.9 Å². The van der Waals surface area contributed by atoms with Crippen molar-refractivity contribution in [3.05, 3.63) is 90.6 Å². The first-order chi connectivity index (χ1) is 17.5. The standard InChI is InChI=1S/C27H28N2O6S/c1-5-34-19-12-10-18(11-13-19)16-22-25(30)29-24(20-8-6-7-9-21(20)33-4)23(17(2)28-27(29)36-22)26(31)35-15-14-32-3/h6-13,16,24H,5,14-15H2,1-4H3. The number of hydrogen-bond acceptors (Lipinski definition) is 8. The van der Waals surface area contributed by atoms with Gasteiger partial charge in [-0.1, -0.05) is 41.7 Å². The van der Waals surface area contributed by atoms with Crippen molar-refractivity contribution in [2.24, 2.45) is 4.99 Å². The van der Waals surface area contributed by atoms with Crippen molar-refractivity contribution < 1.29 is 23.7 Å². The number of carbonyl (C=O) groups excluding carboxylic acids is 1. The molecule has 0 saturated carbocycles. The summed E-state index contributed by atoms with van der Waals surface area (Å²) >= 11 is 1.27. The van der Waals surface area contributed by atoms with E-state index in [2.05, 4.69) is 4.99 Å². The molecule has 3 aromatic rings. The molecule has 0 radical (unpaired) electrons. The molecule has 0 aliphatic carbocycles. The van der Waals surface area contributed by atoms with Crippen LogP contribution in [0.25, 0.3) is 6.08 Å². The number of aromatic nitrogens is 1. The maximum atomic E-state index is 13.7. The average Bonchev–Trinajstić information content (AvgIpc) is 3.18. The van der Waals surface area contributed by atoms with Gasteiger partial charge >= 0.3 is 5.97 Å². The Kier molecular flexibility index (Phi) is 8.02. The molecule has 8 nitrogen and oxygen atoms in total. The summed E-state index contributed by atoms with van der Waals surface area (Å²) in [6.07, 6.45) is 1.81. The third kappa shape index (κ3) is 5.12. The van der Waals surface area contributed by atoms with E-state index in [1.54, 1.807) is 24.7 Å². The number of para-hydroxylation sites is 1. The minimum absolute atomic E-state index is 0.0902. The van der Waals surface area contributed by atoms with Crippen LogP contribution in [0.5, 0.6) is 11.5 Å². The molecule has 188 valence electrons. The SMILES string of the molecule is CCOc1ccc(C=c2sc3n(c2=O)C(c2ccccc2OC)C(C(=O)OCCOC)=C(C)N=3)cc1. The number of hydrogen-bond donors (Lipinski definition) is 0. The molecule has 1 aromatic heterocycles. The molecule has 0 saturated heterocycles. The first kappa shape index (κ1) is 25.4. The first-order valence-corrected chi connectivity index (χ1v) is 12.3. The van der Waals surface area contributed by atoms with E-state index in [4.69, 9.17) is 18.9 Å². The molecule has 1 atom stereocenters. The molecular formula is C27H28N2O6S. The van der Waals surface area contributed by atoms with Gasteiger partial charge in [0.2, 0.25) is 0 Å². The fraction of sp³-hybridized carbons (Fsp3) is 0.296. The van der Waals surface area contributed by atoms with Crippen LogP contribution in [0.2, 0.25) is 0 Å². The van der Waals surface area contributed by atoms with Gasteiger partial charge in [-0.25, -0.2) is 9.79 Å². The topological polar surface area (TPSA) is 88.4 Å². The van der Waals surface area contributed by atoms with Crippen molar-refractivity contribution in [3.8, 4) is 11.5 Å².